The van der Waals surface area contributed by atoms with E-state index in [0.717, 1.165) is 17.2 Å². The second kappa shape index (κ2) is 12.9. The minimum Gasteiger partial charge on any atom is -0.460 e. The Bertz CT molecular complexity index is 451. The summed E-state index contributed by atoms with van der Waals surface area (Å²) >= 11 is 0. The van der Waals surface area contributed by atoms with Crippen molar-refractivity contribution in [1.29, 1.82) is 0 Å². The highest BCUT2D eigenvalue weighted by Crippen LogP contribution is 2.10. The summed E-state index contributed by atoms with van der Waals surface area (Å²) in [6, 6.07) is 0. The van der Waals surface area contributed by atoms with Gasteiger partial charge in [0.15, 0.2) is 0 Å². The van der Waals surface area contributed by atoms with E-state index in [2.05, 4.69) is 13.2 Å². The van der Waals surface area contributed by atoms with Crippen molar-refractivity contribution in [2.75, 3.05) is 19.8 Å². The molecule has 0 bridgehead atoms. The van der Waals surface area contributed by atoms with Crippen LogP contribution < -0.4 is 0 Å². The number of carbonyl (C=O) groups excluding carboxylic acids is 1. The SMILES string of the molecule is C=C\C=C/C=C(C)/C(=C/C=C\C)COCCOC(=O)C=C. The van der Waals surface area contributed by atoms with Gasteiger partial charge in [0.2, 0.25) is 0 Å². The van der Waals surface area contributed by atoms with Crippen molar-refractivity contribution in [3.8, 4) is 0 Å². The fourth-order valence-corrected chi connectivity index (χ4v) is 1.33. The molecule has 114 valence electrons. The Kier molecular flexibility index (Phi) is 11.6. The third-order valence-electron chi connectivity index (χ3n) is 2.49. The van der Waals surface area contributed by atoms with Crippen LogP contribution in [0.15, 0.2) is 72.9 Å². The van der Waals surface area contributed by atoms with Crippen LogP contribution in [-0.4, -0.2) is 25.8 Å². The van der Waals surface area contributed by atoms with Gasteiger partial charge in [0.1, 0.15) is 6.61 Å². The van der Waals surface area contributed by atoms with Crippen LogP contribution in [-0.2, 0) is 14.3 Å². The topological polar surface area (TPSA) is 35.5 Å². The quantitative estimate of drug-likeness (QED) is 0.264. The molecule has 0 aromatic carbocycles. The second-order valence-corrected chi connectivity index (χ2v) is 4.11. The number of hydrogen-bond acceptors (Lipinski definition) is 3. The molecule has 0 heterocycles. The van der Waals surface area contributed by atoms with E-state index in [4.69, 9.17) is 9.47 Å². The van der Waals surface area contributed by atoms with Crippen LogP contribution >= 0.6 is 0 Å². The molecule has 0 aromatic rings. The first kappa shape index (κ1) is 18.9. The van der Waals surface area contributed by atoms with Gasteiger partial charge in [-0.25, -0.2) is 4.79 Å². The Hall–Kier alpha value is -2.13. The summed E-state index contributed by atoms with van der Waals surface area (Å²) in [6.45, 7) is 12.0. The zero-order chi connectivity index (χ0) is 15.9. The van der Waals surface area contributed by atoms with E-state index >= 15 is 0 Å². The van der Waals surface area contributed by atoms with E-state index in [9.17, 15) is 4.79 Å². The third-order valence-corrected chi connectivity index (χ3v) is 2.49. The minimum absolute atomic E-state index is 0.223. The van der Waals surface area contributed by atoms with Crippen LogP contribution in [0.3, 0.4) is 0 Å². The third kappa shape index (κ3) is 10.3. The summed E-state index contributed by atoms with van der Waals surface area (Å²) in [5.41, 5.74) is 2.17. The van der Waals surface area contributed by atoms with Crippen molar-refractivity contribution in [2.45, 2.75) is 13.8 Å². The molecule has 0 rings (SSSR count). The van der Waals surface area contributed by atoms with E-state index in [0.29, 0.717) is 13.2 Å². The minimum atomic E-state index is -0.436. The maximum absolute atomic E-state index is 10.9. The fourth-order valence-electron chi connectivity index (χ4n) is 1.33. The van der Waals surface area contributed by atoms with E-state index < -0.39 is 5.97 Å². The molecule has 0 aromatic heterocycles. The van der Waals surface area contributed by atoms with E-state index in [1.165, 1.54) is 0 Å². The summed E-state index contributed by atoms with van der Waals surface area (Å²) in [7, 11) is 0. The van der Waals surface area contributed by atoms with Gasteiger partial charge in [0.05, 0.1) is 13.2 Å². The van der Waals surface area contributed by atoms with Crippen molar-refractivity contribution >= 4 is 5.97 Å². The first-order chi connectivity index (χ1) is 10.2. The maximum Gasteiger partial charge on any atom is 0.330 e. The first-order valence-electron chi connectivity index (χ1n) is 6.80. The first-order valence-corrected chi connectivity index (χ1v) is 6.80. The summed E-state index contributed by atoms with van der Waals surface area (Å²) in [5, 5.41) is 0. The number of hydrogen-bond donors (Lipinski definition) is 0. The molecule has 3 nitrogen and oxygen atoms in total. The zero-order valence-electron chi connectivity index (χ0n) is 12.9. The van der Waals surface area contributed by atoms with E-state index in [1.807, 2.05) is 50.3 Å². The molecular formula is C18H24O3. The highest BCUT2D eigenvalue weighted by Gasteiger charge is 2.00. The van der Waals surface area contributed by atoms with Crippen molar-refractivity contribution in [3.63, 3.8) is 0 Å². The van der Waals surface area contributed by atoms with Gasteiger partial charge in [-0.3, -0.25) is 0 Å². The zero-order valence-corrected chi connectivity index (χ0v) is 12.9. The Morgan fingerprint density at radius 2 is 1.86 bits per heavy atom. The van der Waals surface area contributed by atoms with Gasteiger partial charge in [0.25, 0.3) is 0 Å². The number of allylic oxidation sites excluding steroid dienone is 7. The van der Waals surface area contributed by atoms with Gasteiger partial charge in [-0.1, -0.05) is 55.7 Å². The Balaban J connectivity index is 4.41. The molecule has 0 aliphatic heterocycles. The normalized spacial score (nSPS) is 12.9. The van der Waals surface area contributed by atoms with Crippen LogP contribution in [0.4, 0.5) is 0 Å². The Labute approximate surface area is 127 Å². The van der Waals surface area contributed by atoms with Crippen LogP contribution in [0.25, 0.3) is 0 Å². The average Bonchev–Trinajstić information content (AvgIpc) is 2.49. The number of rotatable bonds is 10. The molecule has 0 amide bonds. The van der Waals surface area contributed by atoms with Crippen LogP contribution in [0.1, 0.15) is 13.8 Å². The fraction of sp³-hybridized carbons (Fsp3) is 0.278. The van der Waals surface area contributed by atoms with Gasteiger partial charge in [0, 0.05) is 6.08 Å². The van der Waals surface area contributed by atoms with Crippen LogP contribution in [0, 0.1) is 0 Å². The lowest BCUT2D eigenvalue weighted by atomic mass is 10.1. The highest BCUT2D eigenvalue weighted by molar-refractivity contribution is 5.81. The molecule has 0 aliphatic rings. The van der Waals surface area contributed by atoms with Crippen LogP contribution in [0.2, 0.25) is 0 Å². The molecule has 0 saturated heterocycles. The molecule has 0 spiro atoms. The van der Waals surface area contributed by atoms with Gasteiger partial charge in [-0.2, -0.15) is 0 Å². The lowest BCUT2D eigenvalue weighted by Crippen LogP contribution is -2.10. The highest BCUT2D eigenvalue weighted by atomic mass is 16.6. The van der Waals surface area contributed by atoms with Crippen molar-refractivity contribution < 1.29 is 14.3 Å². The smallest absolute Gasteiger partial charge is 0.330 e. The molecule has 0 saturated carbocycles. The molecular weight excluding hydrogens is 264 g/mol. The molecule has 0 fully saturated rings. The summed E-state index contributed by atoms with van der Waals surface area (Å²) in [4.78, 5) is 10.9. The summed E-state index contributed by atoms with van der Waals surface area (Å²) in [6.07, 6.45) is 14.6. The van der Waals surface area contributed by atoms with E-state index in [-0.39, 0.29) is 6.61 Å². The van der Waals surface area contributed by atoms with Gasteiger partial charge in [-0.05, 0) is 25.0 Å². The second-order valence-electron chi connectivity index (χ2n) is 4.11. The number of esters is 1. The lowest BCUT2D eigenvalue weighted by Gasteiger charge is -2.09. The standard InChI is InChI=1S/C18H24O3/c1-5-8-10-11-16(4)17(12-9-6-2)15-20-13-14-21-18(19)7-3/h5-12H,1,3,13-15H2,2,4H3/b9-6-,10-8-,16-11+,17-12+. The number of carbonyl (C=O) groups is 1. The molecule has 0 unspecified atom stereocenters. The largest absolute Gasteiger partial charge is 0.460 e. The van der Waals surface area contributed by atoms with Crippen molar-refractivity contribution in [3.05, 3.63) is 72.9 Å². The van der Waals surface area contributed by atoms with Gasteiger partial charge < -0.3 is 9.47 Å². The number of ether oxygens (including phenoxy) is 2. The van der Waals surface area contributed by atoms with Crippen LogP contribution in [0.5, 0.6) is 0 Å². The lowest BCUT2D eigenvalue weighted by molar-refractivity contribution is -0.139. The summed E-state index contributed by atoms with van der Waals surface area (Å²) < 4.78 is 10.4. The van der Waals surface area contributed by atoms with Crippen molar-refractivity contribution in [1.82, 2.24) is 0 Å². The Morgan fingerprint density at radius 3 is 2.48 bits per heavy atom. The predicted molar refractivity (Wildman–Crippen MR) is 88.0 cm³/mol. The molecule has 0 N–H and O–H groups in total. The maximum atomic E-state index is 10.9. The Morgan fingerprint density at radius 1 is 1.10 bits per heavy atom. The molecule has 0 aliphatic carbocycles. The van der Waals surface area contributed by atoms with Crippen molar-refractivity contribution in [2.24, 2.45) is 0 Å². The predicted octanol–water partition coefficient (Wildman–Crippen LogP) is 3.92. The molecule has 21 heavy (non-hydrogen) atoms. The molecule has 0 radical (unpaired) electrons. The average molecular weight is 288 g/mol. The summed E-state index contributed by atoms with van der Waals surface area (Å²) in [5.74, 6) is -0.436. The van der Waals surface area contributed by atoms with Gasteiger partial charge in [-0.15, -0.1) is 0 Å². The molecule has 0 atom stereocenters. The monoisotopic (exact) mass is 288 g/mol. The van der Waals surface area contributed by atoms with Gasteiger partial charge >= 0.3 is 5.97 Å². The van der Waals surface area contributed by atoms with E-state index in [1.54, 1.807) is 6.08 Å². The molecule has 3 heteroatoms.